The maximum absolute atomic E-state index is 14.0. The van der Waals surface area contributed by atoms with Crippen LogP contribution < -0.4 is 0 Å². The molecule has 3 heteroatoms. The molecule has 0 unspecified atom stereocenters. The molecule has 0 heterocycles. The quantitative estimate of drug-likeness (QED) is 0.568. The normalized spacial score (nSPS) is 11.0. The molecule has 3 rings (SSSR count). The molecule has 0 saturated heterocycles. The molecule has 0 amide bonds. The van der Waals surface area contributed by atoms with Crippen molar-refractivity contribution in [2.75, 3.05) is 0 Å². The van der Waals surface area contributed by atoms with Crippen LogP contribution in [-0.4, -0.2) is 0 Å². The Labute approximate surface area is 114 Å². The minimum Gasteiger partial charge on any atom is -0.206 e. The van der Waals surface area contributed by atoms with Crippen molar-refractivity contribution < 1.29 is 13.2 Å². The molecule has 20 heavy (non-hydrogen) atoms. The van der Waals surface area contributed by atoms with E-state index in [1.54, 1.807) is 6.07 Å². The summed E-state index contributed by atoms with van der Waals surface area (Å²) in [6, 6.07) is 12.9. The predicted octanol–water partition coefficient (Wildman–Crippen LogP) is 5.23. The highest BCUT2D eigenvalue weighted by Crippen LogP contribution is 2.29. The van der Waals surface area contributed by atoms with Crippen molar-refractivity contribution in [1.29, 1.82) is 0 Å². The fourth-order valence-corrected chi connectivity index (χ4v) is 2.26. The van der Waals surface area contributed by atoms with E-state index in [0.29, 0.717) is 10.9 Å². The Morgan fingerprint density at radius 3 is 2.10 bits per heavy atom. The molecule has 0 aliphatic heterocycles. The molecule has 0 fully saturated rings. The minimum absolute atomic E-state index is 0.305. The lowest BCUT2D eigenvalue weighted by molar-refractivity contribution is 0.512. The fourth-order valence-electron chi connectivity index (χ4n) is 2.26. The van der Waals surface area contributed by atoms with Crippen LogP contribution in [0, 0.1) is 24.4 Å². The molecular formula is C17H11F3. The smallest absolute Gasteiger partial charge is 0.169 e. The topological polar surface area (TPSA) is 0 Å². The van der Waals surface area contributed by atoms with Gasteiger partial charge in [0.05, 0.1) is 5.39 Å². The van der Waals surface area contributed by atoms with E-state index >= 15 is 0 Å². The lowest BCUT2D eigenvalue weighted by Gasteiger charge is -2.07. The second-order valence-corrected chi connectivity index (χ2v) is 4.78. The zero-order valence-corrected chi connectivity index (χ0v) is 10.8. The first-order valence-electron chi connectivity index (χ1n) is 6.20. The van der Waals surface area contributed by atoms with Crippen LogP contribution in [0.15, 0.2) is 48.5 Å². The van der Waals surface area contributed by atoms with E-state index in [1.807, 2.05) is 31.2 Å². The lowest BCUT2D eigenvalue weighted by atomic mass is 9.99. The summed E-state index contributed by atoms with van der Waals surface area (Å²) in [5, 5.41) is 0.0420. The van der Waals surface area contributed by atoms with Gasteiger partial charge in [0, 0.05) is 0 Å². The van der Waals surface area contributed by atoms with Gasteiger partial charge in [0.25, 0.3) is 0 Å². The van der Waals surface area contributed by atoms with Gasteiger partial charge >= 0.3 is 0 Å². The SMILES string of the molecule is Cc1ccc(-c2cc(F)c3c(F)c(F)ccc3c2)cc1. The van der Waals surface area contributed by atoms with Crippen molar-refractivity contribution >= 4 is 10.8 Å². The highest BCUT2D eigenvalue weighted by molar-refractivity contribution is 5.88. The van der Waals surface area contributed by atoms with E-state index in [2.05, 4.69) is 0 Å². The number of hydrogen-bond donors (Lipinski definition) is 0. The molecule has 0 N–H and O–H groups in total. The number of rotatable bonds is 1. The third-order valence-electron chi connectivity index (χ3n) is 3.34. The van der Waals surface area contributed by atoms with E-state index in [0.717, 1.165) is 17.2 Å². The molecule has 100 valence electrons. The van der Waals surface area contributed by atoms with Crippen molar-refractivity contribution in [3.8, 4) is 11.1 Å². The number of aryl methyl sites for hydroxylation is 1. The van der Waals surface area contributed by atoms with Gasteiger partial charge in [-0.25, -0.2) is 13.2 Å². The van der Waals surface area contributed by atoms with Gasteiger partial charge in [-0.3, -0.25) is 0 Å². The minimum atomic E-state index is -1.14. The zero-order valence-electron chi connectivity index (χ0n) is 10.8. The Morgan fingerprint density at radius 2 is 1.40 bits per heavy atom. The van der Waals surface area contributed by atoms with Crippen molar-refractivity contribution in [3.05, 3.63) is 71.5 Å². The molecule has 0 aliphatic carbocycles. The summed E-state index contributed by atoms with van der Waals surface area (Å²) in [5.41, 5.74) is 2.57. The van der Waals surface area contributed by atoms with Crippen LogP contribution in [0.4, 0.5) is 13.2 Å². The maximum Gasteiger partial charge on any atom is 0.169 e. The first-order chi connectivity index (χ1) is 9.56. The molecule has 0 nitrogen and oxygen atoms in total. The second kappa shape index (κ2) is 4.67. The molecule has 3 aromatic rings. The lowest BCUT2D eigenvalue weighted by Crippen LogP contribution is -1.91. The monoisotopic (exact) mass is 272 g/mol. The third-order valence-corrected chi connectivity index (χ3v) is 3.34. The number of hydrogen-bond acceptors (Lipinski definition) is 0. The summed E-state index contributed by atoms with van der Waals surface area (Å²) in [5.74, 6) is -2.94. The van der Waals surface area contributed by atoms with Gasteiger partial charge in [-0.05, 0) is 41.6 Å². The predicted molar refractivity (Wildman–Crippen MR) is 74.0 cm³/mol. The van der Waals surface area contributed by atoms with Gasteiger partial charge in [0.2, 0.25) is 0 Å². The molecule has 0 bridgehead atoms. The summed E-state index contributed by atoms with van der Waals surface area (Å²) < 4.78 is 40.8. The summed E-state index contributed by atoms with van der Waals surface area (Å²) in [7, 11) is 0. The first-order valence-corrected chi connectivity index (χ1v) is 6.20. The molecule has 0 aromatic heterocycles. The Kier molecular flexibility index (Phi) is 2.97. The molecule has 0 radical (unpaired) electrons. The zero-order chi connectivity index (χ0) is 14.3. The summed E-state index contributed by atoms with van der Waals surface area (Å²) >= 11 is 0. The van der Waals surface area contributed by atoms with E-state index in [4.69, 9.17) is 0 Å². The van der Waals surface area contributed by atoms with Gasteiger partial charge < -0.3 is 0 Å². The first kappa shape index (κ1) is 12.7. The third kappa shape index (κ3) is 2.05. The van der Waals surface area contributed by atoms with Crippen LogP contribution in [0.3, 0.4) is 0 Å². The van der Waals surface area contributed by atoms with Crippen molar-refractivity contribution in [1.82, 2.24) is 0 Å². The number of halogens is 3. The van der Waals surface area contributed by atoms with E-state index < -0.39 is 17.5 Å². The van der Waals surface area contributed by atoms with Crippen LogP contribution >= 0.6 is 0 Å². The standard InChI is InChI=1S/C17H11F3/c1-10-2-4-11(5-3-10)13-8-12-6-7-14(18)17(20)16(12)15(19)9-13/h2-9H,1H3. The highest BCUT2D eigenvalue weighted by Gasteiger charge is 2.13. The summed E-state index contributed by atoms with van der Waals surface area (Å²) in [6.07, 6.45) is 0. The Balaban J connectivity index is 2.25. The molecule has 0 saturated carbocycles. The van der Waals surface area contributed by atoms with E-state index in [9.17, 15) is 13.2 Å². The van der Waals surface area contributed by atoms with E-state index in [1.165, 1.54) is 12.1 Å². The van der Waals surface area contributed by atoms with Crippen LogP contribution in [0.5, 0.6) is 0 Å². The fraction of sp³-hybridized carbons (Fsp3) is 0.0588. The molecule has 0 atom stereocenters. The largest absolute Gasteiger partial charge is 0.206 e. The highest BCUT2D eigenvalue weighted by atomic mass is 19.2. The Hall–Kier alpha value is -2.29. The van der Waals surface area contributed by atoms with Gasteiger partial charge in [-0.15, -0.1) is 0 Å². The van der Waals surface area contributed by atoms with Crippen LogP contribution in [0.1, 0.15) is 5.56 Å². The van der Waals surface area contributed by atoms with Crippen LogP contribution in [-0.2, 0) is 0 Å². The summed E-state index contributed by atoms with van der Waals surface area (Å²) in [6.45, 7) is 1.96. The van der Waals surface area contributed by atoms with Crippen LogP contribution in [0.25, 0.3) is 21.9 Å². The van der Waals surface area contributed by atoms with Gasteiger partial charge in [-0.1, -0.05) is 35.9 Å². The van der Waals surface area contributed by atoms with E-state index in [-0.39, 0.29) is 5.39 Å². The van der Waals surface area contributed by atoms with Gasteiger partial charge in [-0.2, -0.15) is 0 Å². The number of benzene rings is 3. The summed E-state index contributed by atoms with van der Waals surface area (Å²) in [4.78, 5) is 0. The molecular weight excluding hydrogens is 261 g/mol. The van der Waals surface area contributed by atoms with Crippen molar-refractivity contribution in [3.63, 3.8) is 0 Å². The maximum atomic E-state index is 14.0. The average molecular weight is 272 g/mol. The van der Waals surface area contributed by atoms with Crippen molar-refractivity contribution in [2.24, 2.45) is 0 Å². The van der Waals surface area contributed by atoms with Gasteiger partial charge in [0.15, 0.2) is 11.6 Å². The average Bonchev–Trinajstić information content (AvgIpc) is 2.43. The Morgan fingerprint density at radius 1 is 0.700 bits per heavy atom. The van der Waals surface area contributed by atoms with Gasteiger partial charge in [0.1, 0.15) is 5.82 Å². The van der Waals surface area contributed by atoms with Crippen LogP contribution in [0.2, 0.25) is 0 Å². The van der Waals surface area contributed by atoms with Crippen molar-refractivity contribution in [2.45, 2.75) is 6.92 Å². The number of fused-ring (bicyclic) bond motifs is 1. The second-order valence-electron chi connectivity index (χ2n) is 4.78. The Bertz CT molecular complexity index is 789. The molecule has 3 aromatic carbocycles. The molecule has 0 aliphatic rings. The molecule has 0 spiro atoms.